The first kappa shape index (κ1) is 32.1. The van der Waals surface area contributed by atoms with E-state index in [1.807, 2.05) is 30.3 Å². The van der Waals surface area contributed by atoms with Gasteiger partial charge in [0, 0.05) is 45.8 Å². The number of ether oxygens (including phenoxy) is 2. The van der Waals surface area contributed by atoms with Crippen LogP contribution in [-0.2, 0) is 15.7 Å². The fourth-order valence-electron chi connectivity index (χ4n) is 5.96. The first-order valence-electron chi connectivity index (χ1n) is 14.4. The zero-order valence-corrected chi connectivity index (χ0v) is 24.8. The van der Waals surface area contributed by atoms with Gasteiger partial charge in [-0.25, -0.2) is 4.79 Å². The van der Waals surface area contributed by atoms with Crippen molar-refractivity contribution in [1.82, 2.24) is 9.80 Å². The Bertz CT molecular complexity index is 1330. The molecule has 2 atom stereocenters. The van der Waals surface area contributed by atoms with Gasteiger partial charge < -0.3 is 29.3 Å². The molecule has 0 unspecified atom stereocenters. The fourth-order valence-corrected chi connectivity index (χ4v) is 5.96. The van der Waals surface area contributed by atoms with Crippen LogP contribution in [0, 0.1) is 0 Å². The van der Waals surface area contributed by atoms with Gasteiger partial charge >= 0.3 is 12.3 Å². The molecule has 0 bridgehead atoms. The zero-order chi connectivity index (χ0) is 31.5. The Balaban J connectivity index is 1.81. The minimum atomic E-state index is -4.91. The average Bonchev–Trinajstić information content (AvgIpc) is 2.96. The summed E-state index contributed by atoms with van der Waals surface area (Å²) in [6.45, 7) is 5.51. The zero-order valence-electron chi connectivity index (χ0n) is 24.8. The van der Waals surface area contributed by atoms with Gasteiger partial charge in [0.05, 0.1) is 22.9 Å². The molecule has 2 heterocycles. The highest BCUT2D eigenvalue weighted by molar-refractivity contribution is 6.05. The number of anilines is 1. The molecule has 2 aliphatic rings. The molecule has 0 spiro atoms. The minimum absolute atomic E-state index is 0.0396. The number of carbonyl (C=O) groups excluding carboxylic acids is 2. The molecule has 2 aromatic rings. The van der Waals surface area contributed by atoms with Crippen molar-refractivity contribution in [3.05, 3.63) is 59.2 Å². The van der Waals surface area contributed by atoms with Crippen LogP contribution in [0.2, 0.25) is 0 Å². The highest BCUT2D eigenvalue weighted by Gasteiger charge is 2.46. The second-order valence-corrected chi connectivity index (χ2v) is 11.3. The van der Waals surface area contributed by atoms with Gasteiger partial charge in [-0.1, -0.05) is 30.3 Å². The van der Waals surface area contributed by atoms with E-state index in [1.54, 1.807) is 14.0 Å². The van der Waals surface area contributed by atoms with Gasteiger partial charge in [-0.05, 0) is 57.7 Å². The number of nitrogens with zero attached hydrogens (tertiary/aromatic N) is 3. The van der Waals surface area contributed by atoms with Crippen LogP contribution in [0.15, 0.2) is 42.5 Å². The SMILES string of the molecule is CCN(C(=O)c1cc2c(cc1C(F)(F)F)OC(C)(C)C(=O)N2CCCCOC)[C@@H]1CN(C(=O)O)CC[C@H]1c1ccccc1. The van der Waals surface area contributed by atoms with Crippen molar-refractivity contribution < 1.29 is 42.1 Å². The number of benzene rings is 2. The lowest BCUT2D eigenvalue weighted by molar-refractivity contribution is -0.138. The predicted octanol–water partition coefficient (Wildman–Crippen LogP) is 5.63. The Hall–Kier alpha value is -3.80. The number of carbonyl (C=O) groups is 3. The third-order valence-corrected chi connectivity index (χ3v) is 8.11. The Labute approximate surface area is 249 Å². The molecule has 4 rings (SSSR count). The van der Waals surface area contributed by atoms with Crippen LogP contribution in [0.4, 0.5) is 23.7 Å². The molecule has 1 fully saturated rings. The average molecular weight is 606 g/mol. The van der Waals surface area contributed by atoms with E-state index < -0.39 is 46.9 Å². The summed E-state index contributed by atoms with van der Waals surface area (Å²) in [4.78, 5) is 43.3. The van der Waals surface area contributed by atoms with Crippen molar-refractivity contribution in [3.63, 3.8) is 0 Å². The molecule has 2 aliphatic heterocycles. The van der Waals surface area contributed by atoms with E-state index in [9.17, 15) is 32.7 Å². The van der Waals surface area contributed by atoms with Gasteiger partial charge in [-0.3, -0.25) is 9.59 Å². The highest BCUT2D eigenvalue weighted by Crippen LogP contribution is 2.45. The number of amides is 3. The maximum absolute atomic E-state index is 14.5. The minimum Gasteiger partial charge on any atom is -0.476 e. The van der Waals surface area contributed by atoms with Gasteiger partial charge in [-0.15, -0.1) is 0 Å². The Kier molecular flexibility index (Phi) is 9.58. The van der Waals surface area contributed by atoms with Gasteiger partial charge in [0.1, 0.15) is 5.75 Å². The van der Waals surface area contributed by atoms with Crippen molar-refractivity contribution in [2.75, 3.05) is 44.8 Å². The lowest BCUT2D eigenvalue weighted by Gasteiger charge is -2.44. The summed E-state index contributed by atoms with van der Waals surface area (Å²) in [5.41, 5.74) is -2.26. The number of methoxy groups -OCH3 is 1. The highest BCUT2D eigenvalue weighted by atomic mass is 19.4. The summed E-state index contributed by atoms with van der Waals surface area (Å²) in [6, 6.07) is 10.4. The molecule has 1 N–H and O–H groups in total. The van der Waals surface area contributed by atoms with Crippen LogP contribution in [0.3, 0.4) is 0 Å². The van der Waals surface area contributed by atoms with E-state index in [4.69, 9.17) is 9.47 Å². The third-order valence-electron chi connectivity index (χ3n) is 8.11. The number of unbranched alkanes of at least 4 members (excludes halogenated alkanes) is 1. The molecule has 3 amide bonds. The molecule has 2 aromatic carbocycles. The van der Waals surface area contributed by atoms with E-state index in [-0.39, 0.29) is 43.5 Å². The van der Waals surface area contributed by atoms with E-state index in [0.717, 1.165) is 17.7 Å². The molecule has 0 aliphatic carbocycles. The van der Waals surface area contributed by atoms with Crippen molar-refractivity contribution in [3.8, 4) is 5.75 Å². The summed E-state index contributed by atoms with van der Waals surface area (Å²) in [5, 5.41) is 9.72. The second kappa shape index (κ2) is 12.8. The Morgan fingerprint density at radius 3 is 2.47 bits per heavy atom. The number of likely N-dealkylation sites (N-methyl/N-ethyl adjacent to an activating group) is 1. The normalized spacial score (nSPS) is 19.9. The molecular formula is C31H38F3N3O6. The number of hydrogen-bond acceptors (Lipinski definition) is 5. The summed E-state index contributed by atoms with van der Waals surface area (Å²) in [7, 11) is 1.55. The molecule has 0 saturated carbocycles. The quantitative estimate of drug-likeness (QED) is 0.372. The molecule has 43 heavy (non-hydrogen) atoms. The summed E-state index contributed by atoms with van der Waals surface area (Å²) < 4.78 is 54.5. The molecule has 1 saturated heterocycles. The molecule has 0 aromatic heterocycles. The van der Waals surface area contributed by atoms with Crippen LogP contribution in [-0.4, -0.2) is 84.4 Å². The van der Waals surface area contributed by atoms with Gasteiger partial charge in [0.15, 0.2) is 5.60 Å². The Morgan fingerprint density at radius 2 is 1.86 bits per heavy atom. The van der Waals surface area contributed by atoms with Crippen molar-refractivity contribution in [2.24, 2.45) is 0 Å². The van der Waals surface area contributed by atoms with E-state index in [2.05, 4.69) is 0 Å². The van der Waals surface area contributed by atoms with Crippen LogP contribution in [0.5, 0.6) is 5.75 Å². The standard InChI is InChI=1S/C31H38F3N3O6/c1-5-36(25-19-35(29(40)41)15-13-21(25)20-11-7-6-8-12-20)27(38)22-17-24-26(18-23(22)31(32,33)34)43-30(2,3)28(39)37(24)14-9-10-16-42-4/h6-8,11-12,17-18,21,25H,5,9-10,13-16,19H2,1-4H3,(H,40,41)/t21-,25+/m0/s1. The topological polar surface area (TPSA) is 99.6 Å². The summed E-state index contributed by atoms with van der Waals surface area (Å²) in [6.07, 6.45) is -4.53. The largest absolute Gasteiger partial charge is 0.476 e. The van der Waals surface area contributed by atoms with Gasteiger partial charge in [0.25, 0.3) is 11.8 Å². The van der Waals surface area contributed by atoms with E-state index >= 15 is 0 Å². The number of rotatable bonds is 9. The summed E-state index contributed by atoms with van der Waals surface area (Å²) >= 11 is 0. The molecule has 9 nitrogen and oxygen atoms in total. The number of hydrogen-bond donors (Lipinski definition) is 1. The molecular weight excluding hydrogens is 567 g/mol. The number of piperidine rings is 1. The van der Waals surface area contributed by atoms with Crippen LogP contribution < -0.4 is 9.64 Å². The van der Waals surface area contributed by atoms with Crippen LogP contribution >= 0.6 is 0 Å². The fraction of sp³-hybridized carbons (Fsp3) is 0.516. The molecule has 12 heteroatoms. The maximum Gasteiger partial charge on any atom is 0.417 e. The second-order valence-electron chi connectivity index (χ2n) is 11.3. The third kappa shape index (κ3) is 6.74. The smallest absolute Gasteiger partial charge is 0.417 e. The van der Waals surface area contributed by atoms with Gasteiger partial charge in [0.2, 0.25) is 0 Å². The number of alkyl halides is 3. The first-order valence-corrected chi connectivity index (χ1v) is 14.4. The van der Waals surface area contributed by atoms with Crippen molar-refractivity contribution >= 4 is 23.6 Å². The monoisotopic (exact) mass is 605 g/mol. The molecule has 234 valence electrons. The molecule has 0 radical (unpaired) electrons. The lowest BCUT2D eigenvalue weighted by atomic mass is 9.84. The number of halogens is 3. The number of likely N-dealkylation sites (tertiary alicyclic amines) is 1. The van der Waals surface area contributed by atoms with E-state index in [1.165, 1.54) is 28.5 Å². The maximum atomic E-state index is 14.5. The van der Waals surface area contributed by atoms with Crippen LogP contribution in [0.1, 0.15) is 67.4 Å². The van der Waals surface area contributed by atoms with Crippen molar-refractivity contribution in [2.45, 2.75) is 63.8 Å². The van der Waals surface area contributed by atoms with E-state index in [0.29, 0.717) is 25.9 Å². The first-order chi connectivity index (χ1) is 20.3. The van der Waals surface area contributed by atoms with Crippen LogP contribution in [0.25, 0.3) is 0 Å². The Morgan fingerprint density at radius 1 is 1.16 bits per heavy atom. The predicted molar refractivity (Wildman–Crippen MR) is 154 cm³/mol. The summed E-state index contributed by atoms with van der Waals surface area (Å²) in [5.74, 6) is -1.76. The number of carboxylic acid groups (broad SMARTS) is 1. The number of fused-ring (bicyclic) bond motifs is 1. The van der Waals surface area contributed by atoms with Gasteiger partial charge in [-0.2, -0.15) is 13.2 Å². The van der Waals surface area contributed by atoms with Crippen molar-refractivity contribution in [1.29, 1.82) is 0 Å². The lowest BCUT2D eigenvalue weighted by Crippen LogP contribution is -2.55.